The van der Waals surface area contributed by atoms with Gasteiger partial charge in [0.1, 0.15) is 5.75 Å². The number of hydrogen-bond acceptors (Lipinski definition) is 3. The van der Waals surface area contributed by atoms with Crippen LogP contribution in [0.15, 0.2) is 18.2 Å². The van der Waals surface area contributed by atoms with Crippen molar-refractivity contribution in [3.05, 3.63) is 40.7 Å². The van der Waals surface area contributed by atoms with Gasteiger partial charge in [-0.15, -0.1) is 0 Å². The van der Waals surface area contributed by atoms with Crippen LogP contribution in [0.3, 0.4) is 0 Å². The Morgan fingerprint density at radius 1 is 1.29 bits per heavy atom. The summed E-state index contributed by atoms with van der Waals surface area (Å²) >= 11 is 0. The molecule has 0 unspecified atom stereocenters. The maximum atomic E-state index is 13.0. The van der Waals surface area contributed by atoms with Crippen molar-refractivity contribution in [3.8, 4) is 5.75 Å². The number of benzene rings is 1. The highest BCUT2D eigenvalue weighted by Gasteiger charge is 2.31. The van der Waals surface area contributed by atoms with E-state index < -0.39 is 17.6 Å². The van der Waals surface area contributed by atoms with Crippen molar-refractivity contribution in [2.24, 2.45) is 5.92 Å². The maximum Gasteiger partial charge on any atom is 0.416 e. The summed E-state index contributed by atoms with van der Waals surface area (Å²) < 4.78 is 46.3. The van der Waals surface area contributed by atoms with Crippen LogP contribution >= 0.6 is 0 Å². The van der Waals surface area contributed by atoms with Crippen LogP contribution in [0.5, 0.6) is 5.75 Å². The number of anilines is 1. The Balaban J connectivity index is 2.24. The monoisotopic (exact) mass is 397 g/mol. The van der Waals surface area contributed by atoms with Crippen LogP contribution in [0.4, 0.5) is 18.9 Å². The third-order valence-electron chi connectivity index (χ3n) is 4.29. The molecule has 1 amide bonds. The van der Waals surface area contributed by atoms with Gasteiger partial charge in [0.15, 0.2) is 0 Å². The van der Waals surface area contributed by atoms with Gasteiger partial charge in [0.25, 0.3) is 0 Å². The Morgan fingerprint density at radius 3 is 2.54 bits per heavy atom. The van der Waals surface area contributed by atoms with E-state index in [1.165, 1.54) is 6.07 Å². The molecule has 0 aliphatic rings. The maximum absolute atomic E-state index is 13.0. The van der Waals surface area contributed by atoms with Crippen molar-refractivity contribution in [1.29, 1.82) is 0 Å². The van der Waals surface area contributed by atoms with Gasteiger partial charge in [-0.3, -0.25) is 9.48 Å². The number of aryl methyl sites for hydroxylation is 1. The number of halogens is 3. The van der Waals surface area contributed by atoms with Crippen molar-refractivity contribution in [3.63, 3.8) is 0 Å². The molecular formula is C20H26F3N3O2. The van der Waals surface area contributed by atoms with Crippen molar-refractivity contribution in [2.75, 3.05) is 11.9 Å². The molecule has 2 aromatic rings. The quantitative estimate of drug-likeness (QED) is 0.733. The first kappa shape index (κ1) is 21.8. The average Bonchev–Trinajstić information content (AvgIpc) is 2.82. The Kier molecular flexibility index (Phi) is 6.74. The summed E-state index contributed by atoms with van der Waals surface area (Å²) in [7, 11) is 0. The van der Waals surface area contributed by atoms with Gasteiger partial charge >= 0.3 is 6.18 Å². The van der Waals surface area contributed by atoms with Gasteiger partial charge in [0.05, 0.1) is 30.0 Å². The zero-order valence-electron chi connectivity index (χ0n) is 16.8. The number of carbonyl (C=O) groups excluding carboxylic acids is 1. The molecule has 0 bridgehead atoms. The molecule has 0 saturated carbocycles. The minimum absolute atomic E-state index is 0.00607. The molecule has 0 aliphatic carbocycles. The molecule has 0 radical (unpaired) electrons. The summed E-state index contributed by atoms with van der Waals surface area (Å²) in [5.41, 5.74) is 1.57. The standard InChI is InChI=1S/C20H26F3N3O2/c1-6-28-18-8-7-15(20(21,22)23)9-17(18)24-19(27)10-16-13(4)25-26(14(16)5)11-12(2)3/h7-9,12H,6,10-11H2,1-5H3,(H,24,27). The van der Waals surface area contributed by atoms with Gasteiger partial charge in [-0.05, 0) is 44.9 Å². The van der Waals surface area contributed by atoms with Gasteiger partial charge < -0.3 is 10.1 Å². The lowest BCUT2D eigenvalue weighted by atomic mass is 10.1. The van der Waals surface area contributed by atoms with Crippen LogP contribution in [-0.2, 0) is 23.9 Å². The summed E-state index contributed by atoms with van der Waals surface area (Å²) in [6.07, 6.45) is -4.48. The largest absolute Gasteiger partial charge is 0.492 e. The fourth-order valence-corrected chi connectivity index (χ4v) is 2.95. The van der Waals surface area contributed by atoms with Crippen LogP contribution < -0.4 is 10.1 Å². The molecule has 0 atom stereocenters. The Hall–Kier alpha value is -2.51. The molecule has 154 valence electrons. The van der Waals surface area contributed by atoms with Crippen molar-refractivity contribution >= 4 is 11.6 Å². The predicted octanol–water partition coefficient (Wildman–Crippen LogP) is 4.75. The molecule has 28 heavy (non-hydrogen) atoms. The molecule has 0 spiro atoms. The second-order valence-electron chi connectivity index (χ2n) is 7.09. The lowest BCUT2D eigenvalue weighted by Gasteiger charge is -2.15. The van der Waals surface area contributed by atoms with E-state index in [0.717, 1.165) is 35.6 Å². The molecule has 1 N–H and O–H groups in total. The van der Waals surface area contributed by atoms with Crippen LogP contribution in [-0.4, -0.2) is 22.3 Å². The van der Waals surface area contributed by atoms with Gasteiger partial charge in [0, 0.05) is 17.8 Å². The Bertz CT molecular complexity index is 842. The van der Waals surface area contributed by atoms with E-state index in [0.29, 0.717) is 5.92 Å². The molecule has 1 heterocycles. The molecule has 2 rings (SSSR count). The number of rotatable bonds is 7. The Morgan fingerprint density at radius 2 is 1.96 bits per heavy atom. The van der Waals surface area contributed by atoms with Gasteiger partial charge in [0.2, 0.25) is 5.91 Å². The first-order valence-corrected chi connectivity index (χ1v) is 9.19. The summed E-state index contributed by atoms with van der Waals surface area (Å²) in [4.78, 5) is 12.6. The molecule has 0 aliphatic heterocycles. The topological polar surface area (TPSA) is 56.1 Å². The lowest BCUT2D eigenvalue weighted by molar-refractivity contribution is -0.137. The highest BCUT2D eigenvalue weighted by atomic mass is 19.4. The zero-order chi connectivity index (χ0) is 21.1. The smallest absolute Gasteiger partial charge is 0.416 e. The summed E-state index contributed by atoms with van der Waals surface area (Å²) in [6.45, 7) is 10.6. The van der Waals surface area contributed by atoms with E-state index in [1.807, 2.05) is 18.5 Å². The number of nitrogens with one attached hydrogen (secondary N) is 1. The molecular weight excluding hydrogens is 371 g/mol. The van der Waals surface area contributed by atoms with Crippen LogP contribution in [0.25, 0.3) is 0 Å². The van der Waals surface area contributed by atoms with E-state index in [9.17, 15) is 18.0 Å². The number of carbonyl (C=O) groups is 1. The number of aromatic nitrogens is 2. The van der Waals surface area contributed by atoms with E-state index >= 15 is 0 Å². The van der Waals surface area contributed by atoms with E-state index in [1.54, 1.807) is 6.92 Å². The normalized spacial score (nSPS) is 11.8. The number of nitrogens with zero attached hydrogens (tertiary/aromatic N) is 2. The highest BCUT2D eigenvalue weighted by Crippen LogP contribution is 2.35. The minimum atomic E-state index is -4.50. The number of hydrogen-bond donors (Lipinski definition) is 1. The minimum Gasteiger partial charge on any atom is -0.492 e. The zero-order valence-corrected chi connectivity index (χ0v) is 16.8. The summed E-state index contributed by atoms with van der Waals surface area (Å²) in [5.74, 6) is 0.182. The molecule has 5 nitrogen and oxygen atoms in total. The lowest BCUT2D eigenvalue weighted by Crippen LogP contribution is -2.17. The third-order valence-corrected chi connectivity index (χ3v) is 4.29. The first-order valence-electron chi connectivity index (χ1n) is 9.19. The summed E-state index contributed by atoms with van der Waals surface area (Å²) in [6, 6.07) is 3.05. The fourth-order valence-electron chi connectivity index (χ4n) is 2.95. The van der Waals surface area contributed by atoms with Gasteiger partial charge in [-0.1, -0.05) is 13.8 Å². The third kappa shape index (κ3) is 5.27. The fraction of sp³-hybridized carbons (Fsp3) is 0.500. The Labute approximate surface area is 162 Å². The summed E-state index contributed by atoms with van der Waals surface area (Å²) in [5, 5.41) is 7.03. The van der Waals surface area contributed by atoms with Crippen molar-refractivity contribution < 1.29 is 22.7 Å². The first-order chi connectivity index (χ1) is 13.0. The number of ether oxygens (including phenoxy) is 1. The van der Waals surface area contributed by atoms with Gasteiger partial charge in [-0.25, -0.2) is 0 Å². The predicted molar refractivity (Wildman–Crippen MR) is 101 cm³/mol. The molecule has 1 aromatic carbocycles. The molecule has 0 fully saturated rings. The number of amides is 1. The second-order valence-corrected chi connectivity index (χ2v) is 7.09. The highest BCUT2D eigenvalue weighted by molar-refractivity contribution is 5.94. The van der Waals surface area contributed by atoms with Crippen molar-refractivity contribution in [2.45, 2.75) is 53.8 Å². The van der Waals surface area contributed by atoms with E-state index in [4.69, 9.17) is 4.74 Å². The van der Waals surface area contributed by atoms with E-state index in [-0.39, 0.29) is 24.5 Å². The second kappa shape index (κ2) is 8.67. The molecule has 0 saturated heterocycles. The van der Waals surface area contributed by atoms with Gasteiger partial charge in [-0.2, -0.15) is 18.3 Å². The van der Waals surface area contributed by atoms with Crippen molar-refractivity contribution in [1.82, 2.24) is 9.78 Å². The van der Waals surface area contributed by atoms with Crippen LogP contribution in [0.2, 0.25) is 0 Å². The van der Waals surface area contributed by atoms with Crippen LogP contribution in [0, 0.1) is 19.8 Å². The van der Waals surface area contributed by atoms with E-state index in [2.05, 4.69) is 24.3 Å². The molecule has 8 heteroatoms. The SMILES string of the molecule is CCOc1ccc(C(F)(F)F)cc1NC(=O)Cc1c(C)nn(CC(C)C)c1C. The van der Waals surface area contributed by atoms with Crippen LogP contribution in [0.1, 0.15) is 43.3 Å². The molecule has 1 aromatic heterocycles. The average molecular weight is 397 g/mol. The number of alkyl halides is 3.